The third-order valence-electron chi connectivity index (χ3n) is 5.96. The van der Waals surface area contributed by atoms with E-state index >= 15 is 0 Å². The molecule has 1 aliphatic heterocycles. The lowest BCUT2D eigenvalue weighted by molar-refractivity contribution is -0.135. The average Bonchev–Trinajstić information content (AvgIpc) is 3.24. The summed E-state index contributed by atoms with van der Waals surface area (Å²) in [6.07, 6.45) is -3.27. The van der Waals surface area contributed by atoms with Crippen LogP contribution in [0.15, 0.2) is 29.1 Å². The molecule has 2 amide bonds. The van der Waals surface area contributed by atoms with Gasteiger partial charge < -0.3 is 25.2 Å². The first kappa shape index (κ1) is 29.7. The number of carbonyl (C=O) groups excluding carboxylic acids is 2. The molecule has 1 aromatic carbocycles. The van der Waals surface area contributed by atoms with Crippen molar-refractivity contribution in [3.8, 4) is 11.8 Å². The molecule has 1 saturated heterocycles. The number of thiazole rings is 1. The van der Waals surface area contributed by atoms with Crippen LogP contribution in [-0.4, -0.2) is 78.2 Å². The molecule has 14 heteroatoms. The zero-order valence-corrected chi connectivity index (χ0v) is 22.3. The number of hydrogen-bond donors (Lipinski definition) is 2. The average molecular weight is 567 g/mol. The Kier molecular flexibility index (Phi) is 10.1. The van der Waals surface area contributed by atoms with Crippen molar-refractivity contribution < 1.29 is 27.5 Å². The second-order valence-corrected chi connectivity index (χ2v) is 9.56. The third-order valence-corrected chi connectivity index (χ3v) is 7.09. The van der Waals surface area contributed by atoms with Crippen LogP contribution in [0.2, 0.25) is 0 Å². The Balaban J connectivity index is 1.74. The molecule has 1 aliphatic rings. The first-order chi connectivity index (χ1) is 18.6. The van der Waals surface area contributed by atoms with Crippen LogP contribution >= 0.6 is 11.3 Å². The summed E-state index contributed by atoms with van der Waals surface area (Å²) in [6.45, 7) is 5.99. The predicted molar refractivity (Wildman–Crippen MR) is 140 cm³/mol. The van der Waals surface area contributed by atoms with Crippen molar-refractivity contribution in [2.45, 2.75) is 26.6 Å². The highest BCUT2D eigenvalue weighted by Gasteiger charge is 2.29. The van der Waals surface area contributed by atoms with Gasteiger partial charge in [-0.25, -0.2) is 0 Å². The van der Waals surface area contributed by atoms with Crippen molar-refractivity contribution in [3.63, 3.8) is 0 Å². The Morgan fingerprint density at radius 1 is 1.18 bits per heavy atom. The highest BCUT2D eigenvalue weighted by atomic mass is 32.1. The van der Waals surface area contributed by atoms with Gasteiger partial charge in [-0.15, -0.1) is 11.3 Å². The predicted octanol–water partition coefficient (Wildman–Crippen LogP) is 0.675. The number of ether oxygens (including phenoxy) is 1. The summed E-state index contributed by atoms with van der Waals surface area (Å²) < 4.78 is 44.4. The number of piperazine rings is 1. The highest BCUT2D eigenvalue weighted by Crippen LogP contribution is 2.17. The molecule has 0 bridgehead atoms. The summed E-state index contributed by atoms with van der Waals surface area (Å²) in [4.78, 5) is 41.6. The maximum absolute atomic E-state index is 12.8. The Morgan fingerprint density at radius 2 is 1.90 bits per heavy atom. The molecular weight excluding hydrogens is 537 g/mol. The number of benzene rings is 1. The standard InChI is InChI=1S/C25H29F3N6O4S/c1-3-32-8-10-33(11-9-32)21(35)15-38-18-7-5-6-17(12-18)30-14-20-23(37)34(4-2)24(39-20)19(13-29)22(36)31-16-25(26,27)28/h5-7,12,14,30H,3-4,8-11,15-16H2,1-2H3,(H,31,36). The number of aromatic nitrogens is 1. The number of anilines is 1. The lowest BCUT2D eigenvalue weighted by atomic mass is 10.3. The summed E-state index contributed by atoms with van der Waals surface area (Å²) in [5, 5.41) is 14.0. The second-order valence-electron chi connectivity index (χ2n) is 8.53. The fourth-order valence-electron chi connectivity index (χ4n) is 3.83. The van der Waals surface area contributed by atoms with E-state index in [4.69, 9.17) is 4.74 Å². The van der Waals surface area contributed by atoms with Gasteiger partial charge in [-0.2, -0.15) is 18.4 Å². The minimum Gasteiger partial charge on any atom is -0.484 e. The van der Waals surface area contributed by atoms with Gasteiger partial charge in [0.05, 0.1) is 0 Å². The van der Waals surface area contributed by atoms with Crippen molar-refractivity contribution >= 4 is 40.6 Å². The molecule has 0 saturated carbocycles. The summed E-state index contributed by atoms with van der Waals surface area (Å²) in [7, 11) is 0. The van der Waals surface area contributed by atoms with Crippen LogP contribution in [0.3, 0.4) is 0 Å². The van der Waals surface area contributed by atoms with Gasteiger partial charge >= 0.3 is 6.18 Å². The minimum atomic E-state index is -4.64. The molecule has 0 atom stereocenters. The van der Waals surface area contributed by atoms with Gasteiger partial charge in [-0.1, -0.05) is 13.0 Å². The maximum Gasteiger partial charge on any atom is 0.405 e. The molecule has 2 aromatic rings. The molecule has 210 valence electrons. The molecule has 0 aliphatic carbocycles. The van der Waals surface area contributed by atoms with Gasteiger partial charge in [0.1, 0.15) is 27.6 Å². The van der Waals surface area contributed by atoms with Gasteiger partial charge in [0.25, 0.3) is 17.4 Å². The van der Waals surface area contributed by atoms with Gasteiger partial charge in [0, 0.05) is 50.7 Å². The van der Waals surface area contributed by atoms with E-state index in [0.717, 1.165) is 35.5 Å². The number of hydrogen-bond acceptors (Lipinski definition) is 8. The van der Waals surface area contributed by atoms with Gasteiger partial charge in [0.15, 0.2) is 12.2 Å². The SMILES string of the molecule is CCN1CCN(C(=O)COc2cccc(NC=c3sc(=C(C#N)C(=O)NCC(F)(F)F)n(CC)c3=O)c2)CC1. The number of alkyl halides is 3. The topological polar surface area (TPSA) is 120 Å². The van der Waals surface area contributed by atoms with Crippen molar-refractivity contribution in [1.29, 1.82) is 5.26 Å². The van der Waals surface area contributed by atoms with E-state index in [-0.39, 0.29) is 28.3 Å². The highest BCUT2D eigenvalue weighted by molar-refractivity contribution is 7.07. The van der Waals surface area contributed by atoms with E-state index in [1.54, 1.807) is 47.5 Å². The second kappa shape index (κ2) is 13.3. The largest absolute Gasteiger partial charge is 0.484 e. The Morgan fingerprint density at radius 3 is 2.51 bits per heavy atom. The number of halogens is 3. The first-order valence-electron chi connectivity index (χ1n) is 12.2. The zero-order valence-electron chi connectivity index (χ0n) is 21.5. The van der Waals surface area contributed by atoms with Crippen LogP contribution < -0.4 is 30.1 Å². The van der Waals surface area contributed by atoms with E-state index in [1.807, 2.05) is 0 Å². The molecular formula is C25H29F3N6O4S. The molecule has 3 rings (SSSR count). The number of rotatable bonds is 9. The molecule has 2 heterocycles. The number of carbonyl (C=O) groups is 2. The quantitative estimate of drug-likeness (QED) is 0.458. The molecule has 0 unspecified atom stereocenters. The number of nitriles is 1. The summed E-state index contributed by atoms with van der Waals surface area (Å²) in [5.74, 6) is -0.886. The van der Waals surface area contributed by atoms with Gasteiger partial charge in [0.2, 0.25) is 0 Å². The van der Waals surface area contributed by atoms with Crippen LogP contribution in [0.5, 0.6) is 5.75 Å². The van der Waals surface area contributed by atoms with E-state index in [9.17, 15) is 32.8 Å². The van der Waals surface area contributed by atoms with Crippen LogP contribution in [0.1, 0.15) is 13.8 Å². The van der Waals surface area contributed by atoms with Crippen LogP contribution in [-0.2, 0) is 16.1 Å². The molecule has 39 heavy (non-hydrogen) atoms. The summed E-state index contributed by atoms with van der Waals surface area (Å²) in [5.41, 5.74) is -0.553. The molecule has 0 spiro atoms. The zero-order chi connectivity index (χ0) is 28.6. The maximum atomic E-state index is 12.8. The lowest BCUT2D eigenvalue weighted by Crippen LogP contribution is -2.49. The first-order valence-corrected chi connectivity index (χ1v) is 13.1. The fraction of sp³-hybridized carbons (Fsp3) is 0.440. The molecule has 1 fully saturated rings. The van der Waals surface area contributed by atoms with Gasteiger partial charge in [-0.05, 0) is 25.6 Å². The van der Waals surface area contributed by atoms with Crippen LogP contribution in [0.4, 0.5) is 18.9 Å². The fourth-order valence-corrected chi connectivity index (χ4v) is 4.92. The number of nitrogens with one attached hydrogen (secondary N) is 2. The van der Waals surface area contributed by atoms with E-state index in [0.29, 0.717) is 24.5 Å². The molecule has 10 nitrogen and oxygen atoms in total. The van der Waals surface area contributed by atoms with Crippen molar-refractivity contribution in [3.05, 3.63) is 43.8 Å². The Bertz CT molecular complexity index is 1400. The van der Waals surface area contributed by atoms with Crippen molar-refractivity contribution in [2.75, 3.05) is 51.2 Å². The number of likely N-dealkylation sites (N-methyl/N-ethyl adjacent to an activating group) is 1. The van der Waals surface area contributed by atoms with E-state index in [1.165, 1.54) is 6.20 Å². The Labute approximate surface area is 226 Å². The monoisotopic (exact) mass is 566 g/mol. The van der Waals surface area contributed by atoms with Gasteiger partial charge in [-0.3, -0.25) is 19.0 Å². The van der Waals surface area contributed by atoms with E-state index in [2.05, 4.69) is 17.1 Å². The Hall–Kier alpha value is -3.83. The van der Waals surface area contributed by atoms with Crippen LogP contribution in [0, 0.1) is 11.3 Å². The van der Waals surface area contributed by atoms with Crippen LogP contribution in [0.25, 0.3) is 11.8 Å². The van der Waals surface area contributed by atoms with E-state index < -0.39 is 29.8 Å². The third kappa shape index (κ3) is 8.08. The lowest BCUT2D eigenvalue weighted by Gasteiger charge is -2.33. The summed E-state index contributed by atoms with van der Waals surface area (Å²) in [6, 6.07) is 8.35. The molecule has 2 N–H and O–H groups in total. The van der Waals surface area contributed by atoms with Crippen molar-refractivity contribution in [1.82, 2.24) is 19.7 Å². The number of amides is 2. The molecule has 1 aromatic heterocycles. The number of nitrogens with zero attached hydrogens (tertiary/aromatic N) is 4. The normalized spacial score (nSPS) is 15.5. The summed E-state index contributed by atoms with van der Waals surface area (Å²) >= 11 is 0.806. The minimum absolute atomic E-state index is 0.0481. The molecule has 0 radical (unpaired) electrons. The smallest absolute Gasteiger partial charge is 0.405 e. The van der Waals surface area contributed by atoms with Crippen molar-refractivity contribution in [2.24, 2.45) is 0 Å².